The number of hydrogen-bond acceptors (Lipinski definition) is 9. The Bertz CT molecular complexity index is 1770. The maximum Gasteiger partial charge on any atom is 0.333 e. The summed E-state index contributed by atoms with van der Waals surface area (Å²) in [6.45, 7) is 6.49. The molecule has 3 fully saturated rings. The molecule has 11 nitrogen and oxygen atoms in total. The van der Waals surface area contributed by atoms with Crippen molar-refractivity contribution in [3.05, 3.63) is 52.9 Å². The molecule has 0 bridgehead atoms. The van der Waals surface area contributed by atoms with Gasteiger partial charge < -0.3 is 25.6 Å². The Morgan fingerprint density at radius 3 is 2.66 bits per heavy atom. The van der Waals surface area contributed by atoms with Crippen LogP contribution >= 0.6 is 11.8 Å². The number of allylic oxidation sites excluding steroid dienone is 1. The van der Waals surface area contributed by atoms with Crippen molar-refractivity contribution in [2.75, 3.05) is 19.7 Å². The molecule has 0 unspecified atom stereocenters. The topological polar surface area (TPSA) is 163 Å². The zero-order chi connectivity index (χ0) is 36.4. The largest absolute Gasteiger partial charge is 0.447 e. The Balaban J connectivity index is 1.35. The summed E-state index contributed by atoms with van der Waals surface area (Å²) in [5, 5.41) is 18.6. The Kier molecular flexibility index (Phi) is 9.30. The monoisotopic (exact) mass is 714 g/mol. The summed E-state index contributed by atoms with van der Waals surface area (Å²) in [5.74, 6) is -3.58. The van der Waals surface area contributed by atoms with Gasteiger partial charge in [-0.15, -0.1) is 0 Å². The van der Waals surface area contributed by atoms with Crippen LogP contribution in [0.1, 0.15) is 75.0 Å². The van der Waals surface area contributed by atoms with E-state index < -0.39 is 87.5 Å². The number of nitrogens with two attached hydrogens (primary N) is 1. The predicted molar refractivity (Wildman–Crippen MR) is 181 cm³/mol. The van der Waals surface area contributed by atoms with E-state index >= 15 is 4.39 Å². The van der Waals surface area contributed by atoms with Crippen molar-refractivity contribution in [2.45, 2.75) is 83.2 Å². The zero-order valence-electron chi connectivity index (χ0n) is 28.8. The number of primary amides is 1. The van der Waals surface area contributed by atoms with Crippen molar-refractivity contribution in [3.63, 3.8) is 0 Å². The number of nitrogens with zero attached hydrogens (tertiary/aromatic N) is 2. The number of esters is 1. The van der Waals surface area contributed by atoms with E-state index in [1.54, 1.807) is 49.0 Å². The van der Waals surface area contributed by atoms with Gasteiger partial charge in [0.2, 0.25) is 11.0 Å². The molecular formula is C36H44F2N4O7S. The molecule has 14 heteroatoms. The lowest BCUT2D eigenvalue weighted by Crippen LogP contribution is -2.70. The van der Waals surface area contributed by atoms with E-state index in [0.717, 1.165) is 16.8 Å². The molecule has 2 amide bonds. The van der Waals surface area contributed by atoms with E-state index in [-0.39, 0.29) is 12.8 Å². The molecule has 1 aromatic carbocycles. The Hall–Kier alpha value is -3.62. The molecule has 1 aromatic heterocycles. The standard InChI is InChI=1S/C36H44F2N4O7S/c1-19-11-26-25-10-9-23-13-27-22(16-40-42(27)24-8-6-7-21(12-24)31(46)41-20(2)30(39)45)14-33(23,3)35(25,38)28(43)15-34(26,4)36(19,32(47)50-18-37)49-29(44)17-48-5/h6-8,12-13,16,19-20,25-26,28,43H,9-11,14-15,17-18H2,1-5H3,(H2,39,45)(H,41,46)/t19-,20-,25+,26+,28+,33+,34+,35+,36+/m1/s1. The second kappa shape index (κ2) is 12.9. The van der Waals surface area contributed by atoms with Crippen molar-refractivity contribution in [3.8, 4) is 5.69 Å². The van der Waals surface area contributed by atoms with Crippen molar-refractivity contribution >= 4 is 40.7 Å². The maximum atomic E-state index is 18.3. The van der Waals surface area contributed by atoms with Crippen LogP contribution in [0.25, 0.3) is 11.8 Å². The molecule has 9 atom stereocenters. The van der Waals surface area contributed by atoms with Crippen LogP contribution in [0.15, 0.2) is 36.0 Å². The number of aromatic nitrogens is 2. The van der Waals surface area contributed by atoms with Crippen LogP contribution in [-0.4, -0.2) is 80.9 Å². The van der Waals surface area contributed by atoms with Gasteiger partial charge in [0.1, 0.15) is 24.3 Å². The minimum atomic E-state index is -2.10. The number of rotatable bonds is 9. The van der Waals surface area contributed by atoms with Gasteiger partial charge in [-0.2, -0.15) is 5.10 Å². The quantitative estimate of drug-likeness (QED) is 0.325. The van der Waals surface area contributed by atoms with E-state index in [0.29, 0.717) is 42.3 Å². The molecule has 0 radical (unpaired) electrons. The maximum absolute atomic E-state index is 18.3. The van der Waals surface area contributed by atoms with E-state index in [1.807, 2.05) is 13.0 Å². The Morgan fingerprint density at radius 1 is 1.24 bits per heavy atom. The van der Waals surface area contributed by atoms with E-state index in [4.69, 9.17) is 15.2 Å². The molecule has 0 aliphatic heterocycles. The first-order chi connectivity index (χ1) is 23.6. The molecule has 4 aliphatic rings. The number of thioether (sulfide) groups is 1. The van der Waals surface area contributed by atoms with Crippen LogP contribution in [0.2, 0.25) is 0 Å². The van der Waals surface area contributed by atoms with E-state index in [1.165, 1.54) is 14.0 Å². The van der Waals surface area contributed by atoms with Crippen molar-refractivity contribution in [1.29, 1.82) is 0 Å². The number of carbonyl (C=O) groups excluding carboxylic acids is 4. The number of amides is 2. The highest BCUT2D eigenvalue weighted by atomic mass is 32.2. The van der Waals surface area contributed by atoms with Crippen molar-refractivity contribution < 1.29 is 42.5 Å². The number of fused-ring (bicyclic) bond motifs is 6. The first-order valence-corrected chi connectivity index (χ1v) is 17.9. The molecule has 270 valence electrons. The molecular weight excluding hydrogens is 670 g/mol. The van der Waals surface area contributed by atoms with Gasteiger partial charge in [0, 0.05) is 35.3 Å². The highest BCUT2D eigenvalue weighted by Crippen LogP contribution is 2.72. The molecule has 0 saturated heterocycles. The predicted octanol–water partition coefficient (Wildman–Crippen LogP) is 4.08. The second-order valence-electron chi connectivity index (χ2n) is 14.8. The zero-order valence-corrected chi connectivity index (χ0v) is 29.6. The molecule has 3 saturated carbocycles. The minimum Gasteiger partial charge on any atom is -0.447 e. The summed E-state index contributed by atoms with van der Waals surface area (Å²) < 4.78 is 44.6. The second-order valence-corrected chi connectivity index (χ2v) is 15.6. The van der Waals surface area contributed by atoms with E-state index in [2.05, 4.69) is 10.4 Å². The number of hydrogen-bond donors (Lipinski definition) is 3. The normalized spacial score (nSPS) is 34.7. The third-order valence-corrected chi connectivity index (χ3v) is 12.9. The summed E-state index contributed by atoms with van der Waals surface area (Å²) in [6.07, 6.45) is 3.43. The van der Waals surface area contributed by atoms with Gasteiger partial charge in [0.15, 0.2) is 5.60 Å². The van der Waals surface area contributed by atoms with Gasteiger partial charge in [0.25, 0.3) is 5.91 Å². The minimum absolute atomic E-state index is 0.161. The number of benzene rings is 1. The summed E-state index contributed by atoms with van der Waals surface area (Å²) in [5.41, 5.74) is 2.39. The lowest BCUT2D eigenvalue weighted by atomic mass is 9.44. The highest BCUT2D eigenvalue weighted by molar-refractivity contribution is 8.13. The highest BCUT2D eigenvalue weighted by Gasteiger charge is 2.77. The number of methoxy groups -OCH3 is 1. The van der Waals surface area contributed by atoms with Crippen LogP contribution in [0.5, 0.6) is 0 Å². The van der Waals surface area contributed by atoms with Gasteiger partial charge in [-0.3, -0.25) is 14.4 Å². The molecule has 2 aromatic rings. The van der Waals surface area contributed by atoms with Gasteiger partial charge in [-0.05, 0) is 86.5 Å². The van der Waals surface area contributed by atoms with Crippen molar-refractivity contribution in [2.24, 2.45) is 34.3 Å². The van der Waals surface area contributed by atoms with E-state index in [9.17, 15) is 28.7 Å². The van der Waals surface area contributed by atoms with Crippen LogP contribution in [0, 0.1) is 28.6 Å². The van der Waals surface area contributed by atoms with Crippen LogP contribution < -0.4 is 11.1 Å². The molecule has 1 heterocycles. The number of alkyl halides is 2. The summed E-state index contributed by atoms with van der Waals surface area (Å²) >= 11 is 0.433. The molecule has 4 N–H and O–H groups in total. The third-order valence-electron chi connectivity index (χ3n) is 12.3. The number of halogens is 2. The van der Waals surface area contributed by atoms with Crippen LogP contribution in [-0.2, 0) is 30.3 Å². The van der Waals surface area contributed by atoms with Gasteiger partial charge in [0.05, 0.1) is 23.7 Å². The fourth-order valence-corrected chi connectivity index (χ4v) is 10.7. The summed E-state index contributed by atoms with van der Waals surface area (Å²) in [7, 11) is 1.33. The number of carbonyl (C=O) groups is 4. The number of aliphatic hydroxyl groups is 1. The SMILES string of the molecule is COCC(=O)O[C@]1(C(=O)SCF)[C@H](C)C[C@H]2[C@@H]3CCC4=Cc5c(cnn5-c5cccc(C(=O)N[C@H](C)C(N)=O)c5)C[C@]4(C)[C@@]3(F)[C@@H](O)C[C@@]21C. The number of nitrogens with one attached hydrogen (secondary N) is 1. The molecule has 6 rings (SSSR count). The number of ether oxygens (including phenoxy) is 2. The lowest BCUT2D eigenvalue weighted by molar-refractivity contribution is -0.231. The van der Waals surface area contributed by atoms with Gasteiger partial charge in [-0.1, -0.05) is 32.4 Å². The van der Waals surface area contributed by atoms with Gasteiger partial charge >= 0.3 is 5.97 Å². The smallest absolute Gasteiger partial charge is 0.333 e. The average Bonchev–Trinajstić information content (AvgIpc) is 3.56. The lowest BCUT2D eigenvalue weighted by Gasteiger charge is -2.63. The van der Waals surface area contributed by atoms with Crippen LogP contribution in [0.3, 0.4) is 0 Å². The van der Waals surface area contributed by atoms with Crippen LogP contribution in [0.4, 0.5) is 8.78 Å². The summed E-state index contributed by atoms with van der Waals surface area (Å²) in [4.78, 5) is 51.0. The molecule has 4 aliphatic carbocycles. The average molecular weight is 715 g/mol. The third kappa shape index (κ3) is 5.15. The summed E-state index contributed by atoms with van der Waals surface area (Å²) in [6, 6.07) is 4.90. The Morgan fingerprint density at radius 2 is 1.98 bits per heavy atom. The molecule has 50 heavy (non-hydrogen) atoms. The fourth-order valence-electron chi connectivity index (χ4n) is 9.89. The van der Waals surface area contributed by atoms with Crippen molar-refractivity contribution in [1.82, 2.24) is 15.1 Å². The number of aliphatic hydroxyl groups excluding tert-OH is 1. The fraction of sp³-hybridized carbons (Fsp3) is 0.583. The first kappa shape index (κ1) is 36.2. The Labute approximate surface area is 293 Å². The van der Waals surface area contributed by atoms with Gasteiger partial charge in [-0.25, -0.2) is 18.3 Å². The molecule has 0 spiro atoms. The first-order valence-electron chi connectivity index (χ1n) is 16.9.